The number of amides is 1. The van der Waals surface area contributed by atoms with Crippen LogP contribution in [0.5, 0.6) is 0 Å². The zero-order valence-electron chi connectivity index (χ0n) is 27.0. The van der Waals surface area contributed by atoms with Crippen LogP contribution < -0.4 is 18.9 Å². The van der Waals surface area contributed by atoms with Crippen LogP contribution in [0.1, 0.15) is 40.5 Å². The maximum Gasteiger partial charge on any atom is 1.00 e. The van der Waals surface area contributed by atoms with Gasteiger partial charge in [0.2, 0.25) is 6.41 Å². The van der Waals surface area contributed by atoms with Gasteiger partial charge in [0.1, 0.15) is 0 Å². The van der Waals surface area contributed by atoms with Crippen molar-refractivity contribution in [3.8, 4) is 0 Å². The zero-order chi connectivity index (χ0) is 34.8. The van der Waals surface area contributed by atoms with E-state index in [2.05, 4.69) is 92.5 Å². The molecule has 0 spiro atoms. The summed E-state index contributed by atoms with van der Waals surface area (Å²) in [6, 6.07) is 17.0. The topological polar surface area (TPSA) is 93.1 Å². The Bertz CT molecular complexity index is 1790. The summed E-state index contributed by atoms with van der Waals surface area (Å²) in [6.07, 6.45) is 15.2. The van der Waals surface area contributed by atoms with E-state index in [1.54, 1.807) is 57.2 Å². The molecule has 0 atom stereocenters. The molecule has 0 fully saturated rings. The monoisotopic (exact) mass is 892 g/mol. The van der Waals surface area contributed by atoms with Crippen molar-refractivity contribution in [1.29, 1.82) is 0 Å². The van der Waals surface area contributed by atoms with Gasteiger partial charge in [-0.15, -0.1) is 0 Å². The van der Waals surface area contributed by atoms with E-state index in [9.17, 15) is 14.4 Å². The van der Waals surface area contributed by atoms with Crippen molar-refractivity contribution in [2.45, 2.75) is 19.8 Å². The van der Waals surface area contributed by atoms with Crippen molar-refractivity contribution in [1.82, 2.24) is 19.9 Å². The molecule has 6 aromatic rings. The molecule has 3 heterocycles. The van der Waals surface area contributed by atoms with Crippen LogP contribution >= 0.6 is 63.7 Å². The van der Waals surface area contributed by atoms with Gasteiger partial charge in [-0.2, -0.15) is 6.42 Å². The van der Waals surface area contributed by atoms with Gasteiger partial charge in [-0.3, -0.25) is 29.3 Å². The molecule has 7 nitrogen and oxygen atoms in total. The first-order chi connectivity index (χ1) is 22.6. The zero-order valence-corrected chi connectivity index (χ0v) is 33.4. The Morgan fingerprint density at radius 1 is 0.583 bits per heavy atom. The summed E-state index contributed by atoms with van der Waals surface area (Å²) >= 11 is 13.8. The second-order valence-corrected chi connectivity index (χ2v) is 13.1. The summed E-state index contributed by atoms with van der Waals surface area (Å²) in [6.45, 7) is 5.72. The largest absolute Gasteiger partial charge is 1.00 e. The molecule has 12 heteroatoms. The van der Waals surface area contributed by atoms with Crippen LogP contribution in [0.15, 0.2) is 110 Å². The van der Waals surface area contributed by atoms with Gasteiger partial charge >= 0.3 is 18.9 Å². The van der Waals surface area contributed by atoms with E-state index in [1.807, 2.05) is 48.7 Å². The van der Waals surface area contributed by atoms with Gasteiger partial charge in [0.05, 0.1) is 0 Å². The molecule has 0 unspecified atom stereocenters. The van der Waals surface area contributed by atoms with Gasteiger partial charge in [-0.1, -0.05) is 77.1 Å². The fraction of sp³-hybridized carbons (Fsp3) is 0.139. The summed E-state index contributed by atoms with van der Waals surface area (Å²) < 4.78 is 4.12. The molecule has 0 N–H and O–H groups in total. The predicted octanol–water partition coefficient (Wildman–Crippen LogP) is 7.71. The van der Waals surface area contributed by atoms with E-state index in [-0.39, 0.29) is 18.9 Å². The van der Waals surface area contributed by atoms with Crippen molar-refractivity contribution >= 4 is 115 Å². The average molecular weight is 896 g/mol. The normalized spacial score (nSPS) is 9.50. The number of rotatable bonds is 4. The molecule has 1 amide bonds. The van der Waals surface area contributed by atoms with Crippen LogP contribution in [-0.2, 0) is 4.79 Å². The van der Waals surface area contributed by atoms with Gasteiger partial charge in [0.15, 0.2) is 12.6 Å². The third-order valence-corrected chi connectivity index (χ3v) is 8.89. The molecule has 0 saturated carbocycles. The van der Waals surface area contributed by atoms with Crippen molar-refractivity contribution in [2.75, 3.05) is 14.1 Å². The Kier molecular flexibility index (Phi) is 21.2. The number of hydrogen-bond acceptors (Lipinski definition) is 6. The summed E-state index contributed by atoms with van der Waals surface area (Å²) in [5, 5.41) is 6.10. The fourth-order valence-electron chi connectivity index (χ4n) is 3.68. The number of aromatic nitrogens is 3. The quantitative estimate of drug-likeness (QED) is 0.102. The Labute approximate surface area is 327 Å². The molecule has 0 bridgehead atoms. The van der Waals surface area contributed by atoms with E-state index in [0.717, 1.165) is 70.2 Å². The molecule has 3 aromatic carbocycles. The molecule has 48 heavy (non-hydrogen) atoms. The summed E-state index contributed by atoms with van der Waals surface area (Å²) in [5.41, 5.74) is 1.37. The minimum absolute atomic E-state index is 0. The molecular weight excluding hydrogens is 863 g/mol. The third kappa shape index (κ3) is 13.3. The van der Waals surface area contributed by atoms with Gasteiger partial charge in [0.25, 0.3) is 0 Å². The number of nitrogens with zero attached hydrogens (tertiary/aromatic N) is 4. The van der Waals surface area contributed by atoms with Crippen LogP contribution in [0.3, 0.4) is 0 Å². The van der Waals surface area contributed by atoms with E-state index in [1.165, 1.54) is 16.7 Å². The predicted molar refractivity (Wildman–Crippen MR) is 207 cm³/mol. The third-order valence-electron chi connectivity index (χ3n) is 6.13. The van der Waals surface area contributed by atoms with E-state index in [4.69, 9.17) is 0 Å². The van der Waals surface area contributed by atoms with Crippen molar-refractivity contribution in [2.24, 2.45) is 0 Å². The first kappa shape index (κ1) is 43.2. The first-order valence-corrected chi connectivity index (χ1v) is 17.3. The molecule has 0 aliphatic rings. The number of carbonyl (C=O) groups is 3. The molecule has 6 rings (SSSR count). The number of pyridine rings is 3. The molecule has 0 aliphatic heterocycles. The minimum Gasteiger partial charge on any atom is -0.351 e. The fourth-order valence-corrected chi connectivity index (χ4v) is 5.53. The number of fused-ring (bicyclic) bond motifs is 3. The van der Waals surface area contributed by atoms with Gasteiger partial charge < -0.3 is 11.8 Å². The average Bonchev–Trinajstić information content (AvgIpc) is 3.11. The maximum absolute atomic E-state index is 10.7. The standard InChI is InChI=1S/2C10H6BrNO.C9H5Br2N.C4H9.C3H7NO.Li/c11-10-2-1-7(6-13)9-5-12-4-3-8(9)10;11-10-2-1-7(6-13)8-3-4-12-5-9(8)10;10-8-1-2-9(11)7-5-12-4-3-6(7)8;1-3-4-2;1-4(2)3-5;/h2*1-6H;1-5H;1,3-4H2,2H3;3H,1-2H3;/q;;;-1;;+1. The van der Waals surface area contributed by atoms with Gasteiger partial charge in [0, 0.05) is 102 Å². The number of aldehydes is 2. The number of unbranched alkanes of at least 4 members (excludes halogenated alkanes) is 1. The number of benzene rings is 3. The van der Waals surface area contributed by atoms with Crippen LogP contribution in [-0.4, -0.2) is 52.9 Å². The molecular formula is C36H33Br4LiN4O3. The van der Waals surface area contributed by atoms with E-state index >= 15 is 0 Å². The summed E-state index contributed by atoms with van der Waals surface area (Å²) in [5.74, 6) is 0. The SMILES string of the molecule is Brc1ccc(Br)c2cnccc12.CN(C)C=O.O=Cc1ccc(Br)c2ccncc12.O=Cc1ccc(Br)c2cnccc12.[CH2-]CCC.[Li+]. The molecule has 0 radical (unpaired) electrons. The van der Waals surface area contributed by atoms with Crippen LogP contribution in [0.4, 0.5) is 0 Å². The summed E-state index contributed by atoms with van der Waals surface area (Å²) in [7, 11) is 3.38. The second kappa shape index (κ2) is 23.6. The van der Waals surface area contributed by atoms with Crippen LogP contribution in [0.2, 0.25) is 0 Å². The molecule has 0 aliphatic carbocycles. The summed E-state index contributed by atoms with van der Waals surface area (Å²) in [4.78, 5) is 44.3. The number of carbonyl (C=O) groups excluding carboxylic acids is 3. The Morgan fingerprint density at radius 2 is 0.896 bits per heavy atom. The van der Waals surface area contributed by atoms with Crippen molar-refractivity contribution in [3.63, 3.8) is 0 Å². The Hall–Kier alpha value is -2.78. The van der Waals surface area contributed by atoms with E-state index in [0.29, 0.717) is 11.1 Å². The molecule has 0 saturated heterocycles. The van der Waals surface area contributed by atoms with Gasteiger partial charge in [-0.25, -0.2) is 0 Å². The van der Waals surface area contributed by atoms with Crippen molar-refractivity contribution < 1.29 is 33.2 Å². The Morgan fingerprint density at radius 3 is 1.27 bits per heavy atom. The van der Waals surface area contributed by atoms with Crippen molar-refractivity contribution in [3.05, 3.63) is 128 Å². The van der Waals surface area contributed by atoms with E-state index < -0.39 is 0 Å². The van der Waals surface area contributed by atoms with Crippen LogP contribution in [0.25, 0.3) is 32.3 Å². The molecule has 3 aromatic heterocycles. The maximum atomic E-state index is 10.7. The number of hydrogen-bond donors (Lipinski definition) is 0. The number of halogens is 4. The first-order valence-electron chi connectivity index (χ1n) is 14.2. The van der Waals surface area contributed by atoms with Crippen LogP contribution in [0, 0.1) is 6.92 Å². The second-order valence-electron chi connectivity index (χ2n) is 9.72. The smallest absolute Gasteiger partial charge is 0.351 e. The van der Waals surface area contributed by atoms with Gasteiger partial charge in [-0.05, 0) is 65.4 Å². The Balaban J connectivity index is 0.000000317. The minimum atomic E-state index is 0. The molecule has 244 valence electrons.